The largest absolute Gasteiger partial charge is 0.381 e. The van der Waals surface area contributed by atoms with Gasteiger partial charge in [-0.3, -0.25) is 19.8 Å². The van der Waals surface area contributed by atoms with Gasteiger partial charge in [-0.1, -0.05) is 34.7 Å². The molecule has 2 aliphatic heterocycles. The molecule has 3 rings (SSSR count). The first-order valence-corrected chi connectivity index (χ1v) is 12.7. The van der Waals surface area contributed by atoms with Gasteiger partial charge in [0, 0.05) is 54.4 Å². The van der Waals surface area contributed by atoms with E-state index in [1.54, 1.807) is 0 Å². The van der Waals surface area contributed by atoms with E-state index in [2.05, 4.69) is 51.0 Å². The lowest BCUT2D eigenvalue weighted by Crippen LogP contribution is -2.50. The quantitative estimate of drug-likeness (QED) is 0.147. The van der Waals surface area contributed by atoms with Crippen molar-refractivity contribution in [3.63, 3.8) is 0 Å². The van der Waals surface area contributed by atoms with E-state index >= 15 is 0 Å². The van der Waals surface area contributed by atoms with Crippen molar-refractivity contribution in [1.29, 1.82) is 0 Å². The topological polar surface area (TPSA) is 67.9 Å². The van der Waals surface area contributed by atoms with Gasteiger partial charge in [0.15, 0.2) is 0 Å². The van der Waals surface area contributed by atoms with E-state index in [1.807, 2.05) is 11.8 Å². The molecule has 1 aromatic carbocycles. The molecule has 0 aliphatic carbocycles. The first-order chi connectivity index (χ1) is 14.2. The van der Waals surface area contributed by atoms with E-state index in [0.29, 0.717) is 12.8 Å². The third-order valence-corrected chi connectivity index (χ3v) is 6.93. The molecule has 1 saturated heterocycles. The van der Waals surface area contributed by atoms with Crippen LogP contribution in [0.4, 0.5) is 0 Å². The first-order valence-electron chi connectivity index (χ1n) is 10.2. The Hall–Kier alpha value is -0.680. The molecule has 2 aliphatic rings. The minimum absolute atomic E-state index is 0.157. The average molecular weight is 532 g/mol. The summed E-state index contributed by atoms with van der Waals surface area (Å²) >= 11 is 4.17. The van der Waals surface area contributed by atoms with Crippen LogP contribution in [0.5, 0.6) is 0 Å². The third-order valence-electron chi connectivity index (χ3n) is 5.10. The van der Waals surface area contributed by atoms with Gasteiger partial charge in [0.1, 0.15) is 0 Å². The van der Waals surface area contributed by atoms with Crippen molar-refractivity contribution in [3.8, 4) is 0 Å². The van der Waals surface area contributed by atoms with Crippen LogP contribution < -0.4 is 5.32 Å². The molecule has 1 atom stereocenters. The van der Waals surface area contributed by atoms with Gasteiger partial charge in [-0.05, 0) is 36.5 Å². The summed E-state index contributed by atoms with van der Waals surface area (Å²) in [4.78, 5) is 27.1. The Morgan fingerprint density at radius 3 is 2.69 bits per heavy atom. The first kappa shape index (κ1) is 23.0. The summed E-state index contributed by atoms with van der Waals surface area (Å²) in [5.74, 6) is 0.589. The number of carbonyl (C=O) groups excluding carboxylic acids is 2. The van der Waals surface area contributed by atoms with Crippen molar-refractivity contribution in [1.82, 2.24) is 10.2 Å². The van der Waals surface area contributed by atoms with Gasteiger partial charge >= 0.3 is 0 Å². The fraction of sp³-hybridized carbons (Fsp3) is 0.619. The Bertz CT molecular complexity index is 703. The van der Waals surface area contributed by atoms with Gasteiger partial charge in [-0.15, -0.1) is 11.8 Å². The number of halogens is 1. The molecule has 1 unspecified atom stereocenters. The van der Waals surface area contributed by atoms with Crippen LogP contribution in [0.2, 0.25) is 0 Å². The molecule has 2 heterocycles. The van der Waals surface area contributed by atoms with Crippen LogP contribution in [0, 0.1) is 0 Å². The number of ether oxygens (including phenoxy) is 2. The second kappa shape index (κ2) is 12.2. The van der Waals surface area contributed by atoms with Crippen molar-refractivity contribution in [2.75, 3.05) is 36.6 Å². The normalized spacial score (nSPS) is 19.4. The Morgan fingerprint density at radius 2 is 1.90 bits per heavy atom. The maximum Gasteiger partial charge on any atom is 0.243 e. The van der Waals surface area contributed by atoms with Gasteiger partial charge in [-0.2, -0.15) is 0 Å². The average Bonchev–Trinajstić information content (AvgIpc) is 3.14. The van der Waals surface area contributed by atoms with Crippen molar-refractivity contribution in [3.05, 3.63) is 29.3 Å². The zero-order valence-electron chi connectivity index (χ0n) is 16.7. The van der Waals surface area contributed by atoms with E-state index in [4.69, 9.17) is 9.47 Å². The minimum atomic E-state index is -0.208. The van der Waals surface area contributed by atoms with Gasteiger partial charge in [-0.25, -0.2) is 0 Å². The van der Waals surface area contributed by atoms with Crippen molar-refractivity contribution >= 4 is 46.2 Å². The molecule has 160 valence electrons. The van der Waals surface area contributed by atoms with E-state index in [9.17, 15) is 9.59 Å². The van der Waals surface area contributed by atoms with E-state index < -0.39 is 0 Å². The molecule has 29 heavy (non-hydrogen) atoms. The summed E-state index contributed by atoms with van der Waals surface area (Å²) in [6.07, 6.45) is 3.08. The number of hydrogen-bond donors (Lipinski definition) is 1. The fourth-order valence-electron chi connectivity index (χ4n) is 3.64. The van der Waals surface area contributed by atoms with E-state index in [0.717, 1.165) is 62.5 Å². The SMILES string of the molecule is O=C1CCC(N2Cc3cccc(SCCOCCCOCCCI)c3C2)C(=O)N1. The number of piperidine rings is 1. The number of nitrogens with one attached hydrogen (secondary N) is 1. The summed E-state index contributed by atoms with van der Waals surface area (Å²) in [7, 11) is 0. The van der Waals surface area contributed by atoms with Crippen LogP contribution in [-0.4, -0.2) is 59.4 Å². The predicted octanol–water partition coefficient (Wildman–Crippen LogP) is 3.15. The van der Waals surface area contributed by atoms with Crippen molar-refractivity contribution in [2.24, 2.45) is 0 Å². The molecule has 0 aromatic heterocycles. The van der Waals surface area contributed by atoms with Gasteiger partial charge in [0.25, 0.3) is 0 Å². The summed E-state index contributed by atoms with van der Waals surface area (Å²) in [5.41, 5.74) is 2.59. The summed E-state index contributed by atoms with van der Waals surface area (Å²) in [5, 5.41) is 2.47. The lowest BCUT2D eigenvalue weighted by Gasteiger charge is -2.29. The van der Waals surface area contributed by atoms with Crippen LogP contribution in [-0.2, 0) is 32.2 Å². The molecule has 1 fully saturated rings. The zero-order chi connectivity index (χ0) is 20.5. The molecule has 2 amide bonds. The van der Waals surface area contributed by atoms with Crippen LogP contribution >= 0.6 is 34.4 Å². The monoisotopic (exact) mass is 532 g/mol. The zero-order valence-corrected chi connectivity index (χ0v) is 19.6. The van der Waals surface area contributed by atoms with E-state index in [-0.39, 0.29) is 17.9 Å². The van der Waals surface area contributed by atoms with Gasteiger partial charge in [0.05, 0.1) is 12.6 Å². The molecule has 6 nitrogen and oxygen atoms in total. The number of fused-ring (bicyclic) bond motifs is 1. The van der Waals surface area contributed by atoms with Crippen LogP contribution in [0.15, 0.2) is 23.1 Å². The van der Waals surface area contributed by atoms with Crippen LogP contribution in [0.3, 0.4) is 0 Å². The number of imide groups is 1. The minimum Gasteiger partial charge on any atom is -0.381 e. The Kier molecular flexibility index (Phi) is 9.71. The van der Waals surface area contributed by atoms with E-state index in [1.165, 1.54) is 16.0 Å². The summed E-state index contributed by atoms with van der Waals surface area (Å²) in [6.45, 7) is 4.60. The standard InChI is InChI=1S/C21H29IN2O4S/c22-8-2-9-27-10-3-11-28-12-13-29-19-5-1-4-16-14-24(15-17(16)19)18-6-7-20(25)23-21(18)26/h1,4-5,18H,2-3,6-15H2,(H,23,25,26). The number of hydrogen-bond acceptors (Lipinski definition) is 6. The highest BCUT2D eigenvalue weighted by molar-refractivity contribution is 14.1. The Labute approximate surface area is 190 Å². The molecule has 0 bridgehead atoms. The molecule has 1 aromatic rings. The number of benzene rings is 1. The van der Waals surface area contributed by atoms with Crippen LogP contribution in [0.25, 0.3) is 0 Å². The molecule has 0 saturated carbocycles. The second-order valence-electron chi connectivity index (χ2n) is 7.24. The lowest BCUT2D eigenvalue weighted by molar-refractivity contribution is -0.137. The summed E-state index contributed by atoms with van der Waals surface area (Å²) in [6, 6.07) is 6.17. The maximum absolute atomic E-state index is 12.2. The summed E-state index contributed by atoms with van der Waals surface area (Å²) < 4.78 is 12.4. The highest BCUT2D eigenvalue weighted by Crippen LogP contribution is 2.34. The number of amides is 2. The second-order valence-corrected chi connectivity index (χ2v) is 9.45. The lowest BCUT2D eigenvalue weighted by atomic mass is 10.0. The smallest absolute Gasteiger partial charge is 0.243 e. The molecule has 1 N–H and O–H groups in total. The number of alkyl halides is 1. The van der Waals surface area contributed by atoms with Crippen LogP contribution in [0.1, 0.15) is 36.8 Å². The number of thioether (sulfide) groups is 1. The molecule has 0 radical (unpaired) electrons. The van der Waals surface area contributed by atoms with Gasteiger partial charge in [0.2, 0.25) is 11.8 Å². The Balaban J connectivity index is 1.38. The molecule has 0 spiro atoms. The molecule has 8 heteroatoms. The predicted molar refractivity (Wildman–Crippen MR) is 122 cm³/mol. The Morgan fingerprint density at radius 1 is 1.10 bits per heavy atom. The number of carbonyl (C=O) groups is 2. The van der Waals surface area contributed by atoms with Crippen molar-refractivity contribution in [2.45, 2.75) is 49.7 Å². The number of rotatable bonds is 12. The number of nitrogens with zero attached hydrogens (tertiary/aromatic N) is 1. The van der Waals surface area contributed by atoms with Crippen molar-refractivity contribution < 1.29 is 19.1 Å². The maximum atomic E-state index is 12.2. The molecular formula is C21H29IN2O4S. The highest BCUT2D eigenvalue weighted by Gasteiger charge is 2.35. The highest BCUT2D eigenvalue weighted by atomic mass is 127. The molecular weight excluding hydrogens is 503 g/mol. The fourth-order valence-corrected chi connectivity index (χ4v) is 4.91. The third kappa shape index (κ3) is 6.92. The van der Waals surface area contributed by atoms with Gasteiger partial charge < -0.3 is 9.47 Å².